The third-order valence-electron chi connectivity index (χ3n) is 3.68. The predicted molar refractivity (Wildman–Crippen MR) is 65.8 cm³/mol. The Balaban J connectivity index is 1.75. The Bertz CT molecular complexity index is 393. The van der Waals surface area contributed by atoms with E-state index in [4.69, 9.17) is 9.84 Å². The van der Waals surface area contributed by atoms with Crippen molar-refractivity contribution in [1.82, 2.24) is 0 Å². The largest absolute Gasteiger partial charge is 0.481 e. The molecule has 0 aromatic rings. The van der Waals surface area contributed by atoms with Gasteiger partial charge in [0.25, 0.3) is 0 Å². The van der Waals surface area contributed by atoms with Crippen LogP contribution in [0.3, 0.4) is 0 Å². The van der Waals surface area contributed by atoms with Crippen LogP contribution in [-0.2, 0) is 14.3 Å². The number of hydrogen-bond donors (Lipinski definition) is 1. The van der Waals surface area contributed by atoms with Crippen LogP contribution in [0.2, 0.25) is 0 Å². The highest BCUT2D eigenvalue weighted by molar-refractivity contribution is 5.66. The maximum Gasteiger partial charge on any atom is 0.303 e. The number of unbranched alkanes of at least 4 members (excludes halogenated alkanes) is 1. The molecule has 0 radical (unpaired) electrons. The first-order valence-corrected chi connectivity index (χ1v) is 6.49. The van der Waals surface area contributed by atoms with Gasteiger partial charge < -0.3 is 9.84 Å². The molecular formula is C14H18O4. The first-order chi connectivity index (χ1) is 8.72. The van der Waals surface area contributed by atoms with Crippen molar-refractivity contribution in [2.75, 3.05) is 0 Å². The number of carboxylic acid groups (broad SMARTS) is 1. The molecule has 2 aliphatic heterocycles. The molecule has 2 bridgehead atoms. The van der Waals surface area contributed by atoms with E-state index in [0.29, 0.717) is 6.42 Å². The maximum atomic E-state index is 10.9. The molecule has 3 atom stereocenters. The molecule has 2 rings (SSSR count). The minimum atomic E-state index is -0.754. The third-order valence-corrected chi connectivity index (χ3v) is 3.68. The molecule has 2 fully saturated rings. The molecule has 1 N–H and O–H groups in total. The van der Waals surface area contributed by atoms with Crippen LogP contribution in [0.15, 0.2) is 17.7 Å². The highest BCUT2D eigenvalue weighted by atomic mass is 16.5. The highest BCUT2D eigenvalue weighted by Crippen LogP contribution is 2.43. The van der Waals surface area contributed by atoms with Gasteiger partial charge in [-0.2, -0.15) is 0 Å². The molecule has 0 aromatic carbocycles. The summed E-state index contributed by atoms with van der Waals surface area (Å²) in [7, 11) is 0. The number of aliphatic carboxylic acids is 1. The number of hydrogen-bond acceptors (Lipinski definition) is 3. The number of carboxylic acids is 1. The highest BCUT2D eigenvalue weighted by Gasteiger charge is 2.45. The van der Waals surface area contributed by atoms with Crippen molar-refractivity contribution >= 4 is 11.9 Å². The van der Waals surface area contributed by atoms with Crippen LogP contribution >= 0.6 is 0 Å². The van der Waals surface area contributed by atoms with Crippen molar-refractivity contribution in [2.24, 2.45) is 5.92 Å². The summed E-state index contributed by atoms with van der Waals surface area (Å²) >= 11 is 0. The van der Waals surface area contributed by atoms with E-state index in [-0.39, 0.29) is 24.5 Å². The average Bonchev–Trinajstić information content (AvgIpc) is 2.93. The van der Waals surface area contributed by atoms with Crippen molar-refractivity contribution < 1.29 is 19.4 Å². The monoisotopic (exact) mass is 250 g/mol. The van der Waals surface area contributed by atoms with Crippen LogP contribution < -0.4 is 0 Å². The van der Waals surface area contributed by atoms with Gasteiger partial charge >= 0.3 is 5.97 Å². The molecule has 0 aromatic heterocycles. The van der Waals surface area contributed by atoms with Crippen LogP contribution in [0.1, 0.15) is 38.5 Å². The fourth-order valence-electron chi connectivity index (χ4n) is 2.78. The van der Waals surface area contributed by atoms with E-state index in [1.165, 1.54) is 0 Å². The Morgan fingerprint density at radius 2 is 2.28 bits per heavy atom. The smallest absolute Gasteiger partial charge is 0.303 e. The number of rotatable bonds is 6. The van der Waals surface area contributed by atoms with Gasteiger partial charge in [0.1, 0.15) is 5.94 Å². The Morgan fingerprint density at radius 1 is 1.44 bits per heavy atom. The molecule has 0 amide bonds. The fraction of sp³-hybridized carbons (Fsp3) is 0.643. The first kappa shape index (κ1) is 13.1. The standard InChI is InChI=1S/C14H18O4/c15-9-11-10(12-7-8-13(11)18-12)5-3-1-2-4-6-14(16)17/h1,3,10,12-13H,2,4-8H2,(H,16,17)/b3-1-/t10-,12-,13+/m1/s1. The zero-order valence-corrected chi connectivity index (χ0v) is 10.3. The van der Waals surface area contributed by atoms with E-state index >= 15 is 0 Å². The number of ether oxygens (including phenoxy) is 1. The normalized spacial score (nSPS) is 30.0. The minimum absolute atomic E-state index is 0.0120. The van der Waals surface area contributed by atoms with E-state index in [1.54, 1.807) is 0 Å². The third kappa shape index (κ3) is 2.89. The van der Waals surface area contributed by atoms with Gasteiger partial charge in [0.05, 0.1) is 12.2 Å². The average molecular weight is 250 g/mol. The van der Waals surface area contributed by atoms with Crippen LogP contribution in [0, 0.1) is 5.92 Å². The van der Waals surface area contributed by atoms with E-state index in [0.717, 1.165) is 31.3 Å². The molecule has 2 aliphatic rings. The lowest BCUT2D eigenvalue weighted by Gasteiger charge is -2.17. The van der Waals surface area contributed by atoms with Crippen LogP contribution in [-0.4, -0.2) is 29.2 Å². The fourth-order valence-corrected chi connectivity index (χ4v) is 2.78. The zero-order chi connectivity index (χ0) is 13.0. The molecule has 4 nitrogen and oxygen atoms in total. The molecule has 2 heterocycles. The van der Waals surface area contributed by atoms with Crippen molar-refractivity contribution in [2.45, 2.75) is 50.7 Å². The Hall–Kier alpha value is -1.38. The summed E-state index contributed by atoms with van der Waals surface area (Å²) in [5.41, 5.74) is 0.793. The van der Waals surface area contributed by atoms with Gasteiger partial charge in [0.15, 0.2) is 0 Å². The molecular weight excluding hydrogens is 232 g/mol. The Morgan fingerprint density at radius 3 is 3.00 bits per heavy atom. The summed E-state index contributed by atoms with van der Waals surface area (Å²) in [5, 5.41) is 8.49. The van der Waals surface area contributed by atoms with Gasteiger partial charge in [-0.25, -0.2) is 4.79 Å². The second kappa shape index (κ2) is 5.98. The lowest BCUT2D eigenvalue weighted by Crippen LogP contribution is -2.18. The summed E-state index contributed by atoms with van der Waals surface area (Å²) in [4.78, 5) is 21.2. The number of allylic oxidation sites excluding steroid dienone is 2. The number of carbonyl (C=O) groups excluding carboxylic acids is 1. The lowest BCUT2D eigenvalue weighted by atomic mass is 9.83. The topological polar surface area (TPSA) is 63.6 Å². The molecule has 0 unspecified atom stereocenters. The van der Waals surface area contributed by atoms with Crippen LogP contribution in [0.4, 0.5) is 0 Å². The molecule has 98 valence electrons. The van der Waals surface area contributed by atoms with Gasteiger partial charge in [-0.15, -0.1) is 0 Å². The van der Waals surface area contributed by atoms with Crippen LogP contribution in [0.5, 0.6) is 0 Å². The van der Waals surface area contributed by atoms with Crippen molar-refractivity contribution in [3.63, 3.8) is 0 Å². The van der Waals surface area contributed by atoms with Crippen molar-refractivity contribution in [1.29, 1.82) is 0 Å². The van der Waals surface area contributed by atoms with Gasteiger partial charge in [-0.1, -0.05) is 12.2 Å². The van der Waals surface area contributed by atoms with Gasteiger partial charge in [-0.05, 0) is 32.1 Å². The van der Waals surface area contributed by atoms with E-state index in [1.807, 2.05) is 18.1 Å². The molecule has 18 heavy (non-hydrogen) atoms. The number of carbonyl (C=O) groups is 1. The Kier molecular flexibility index (Phi) is 4.34. The SMILES string of the molecule is O=C=C1[C@@H]2CC[C@@H](O2)[C@@H]1C/C=C\CCCC(=O)O. The molecule has 0 saturated carbocycles. The predicted octanol–water partition coefficient (Wildman–Crippen LogP) is 2.12. The second-order valence-corrected chi connectivity index (χ2v) is 4.90. The molecule has 0 spiro atoms. The lowest BCUT2D eigenvalue weighted by molar-refractivity contribution is -0.137. The zero-order valence-electron chi connectivity index (χ0n) is 10.3. The van der Waals surface area contributed by atoms with Crippen LogP contribution in [0.25, 0.3) is 0 Å². The van der Waals surface area contributed by atoms with E-state index in [2.05, 4.69) is 0 Å². The van der Waals surface area contributed by atoms with E-state index in [9.17, 15) is 9.59 Å². The summed E-state index contributed by atoms with van der Waals surface area (Å²) in [6, 6.07) is 0. The Labute approximate surface area is 106 Å². The maximum absolute atomic E-state index is 10.9. The van der Waals surface area contributed by atoms with Gasteiger partial charge in [0.2, 0.25) is 0 Å². The van der Waals surface area contributed by atoms with Crippen molar-refractivity contribution in [3.05, 3.63) is 17.7 Å². The van der Waals surface area contributed by atoms with Gasteiger partial charge in [-0.3, -0.25) is 4.79 Å². The van der Waals surface area contributed by atoms with Gasteiger partial charge in [0, 0.05) is 17.9 Å². The first-order valence-electron chi connectivity index (χ1n) is 6.49. The van der Waals surface area contributed by atoms with Crippen molar-refractivity contribution in [3.8, 4) is 0 Å². The molecule has 4 heteroatoms. The quantitative estimate of drug-likeness (QED) is 0.445. The summed E-state index contributed by atoms with van der Waals surface area (Å²) in [5.74, 6) is 1.48. The minimum Gasteiger partial charge on any atom is -0.481 e. The second-order valence-electron chi connectivity index (χ2n) is 4.90. The number of fused-ring (bicyclic) bond motifs is 2. The van der Waals surface area contributed by atoms with E-state index < -0.39 is 5.97 Å². The molecule has 2 saturated heterocycles. The summed E-state index contributed by atoms with van der Waals surface area (Å²) < 4.78 is 5.69. The molecule has 0 aliphatic carbocycles. The summed E-state index contributed by atoms with van der Waals surface area (Å²) in [6.07, 6.45) is 8.67. The summed E-state index contributed by atoms with van der Waals surface area (Å²) in [6.45, 7) is 0.